The van der Waals surface area contributed by atoms with E-state index in [-0.39, 0.29) is 18.7 Å². The van der Waals surface area contributed by atoms with Gasteiger partial charge in [0.2, 0.25) is 0 Å². The average molecular weight is 316 g/mol. The average Bonchev–Trinajstić information content (AvgIpc) is 2.80. The maximum Gasteiger partial charge on any atom is 0.329 e. The molecular formula is C17H20N2O4. The molecular weight excluding hydrogens is 296 g/mol. The van der Waals surface area contributed by atoms with Crippen molar-refractivity contribution in [3.63, 3.8) is 0 Å². The van der Waals surface area contributed by atoms with Crippen LogP contribution in [0.15, 0.2) is 36.0 Å². The molecule has 1 aliphatic heterocycles. The fraction of sp³-hybridized carbons (Fsp3) is 0.353. The van der Waals surface area contributed by atoms with Crippen LogP contribution in [0.4, 0.5) is 4.79 Å². The van der Waals surface area contributed by atoms with Gasteiger partial charge in [0, 0.05) is 6.54 Å². The van der Waals surface area contributed by atoms with Crippen molar-refractivity contribution in [2.75, 3.05) is 13.2 Å². The fourth-order valence-electron chi connectivity index (χ4n) is 2.10. The zero-order chi connectivity index (χ0) is 16.7. The normalized spacial score (nSPS) is 15.9. The van der Waals surface area contributed by atoms with E-state index in [1.165, 1.54) is 0 Å². The minimum Gasteiger partial charge on any atom is -0.466 e. The summed E-state index contributed by atoms with van der Waals surface area (Å²) in [5, 5.41) is 2.52. The van der Waals surface area contributed by atoms with Crippen molar-refractivity contribution < 1.29 is 19.1 Å². The van der Waals surface area contributed by atoms with Crippen molar-refractivity contribution in [2.45, 2.75) is 26.2 Å². The van der Waals surface area contributed by atoms with Gasteiger partial charge in [0.25, 0.3) is 5.91 Å². The molecule has 1 N–H and O–H groups in total. The number of amides is 3. The Balaban J connectivity index is 1.91. The minimum atomic E-state index is -0.515. The molecule has 6 nitrogen and oxygen atoms in total. The van der Waals surface area contributed by atoms with Crippen LogP contribution in [0.25, 0.3) is 6.08 Å². The minimum absolute atomic E-state index is 0.00148. The topological polar surface area (TPSA) is 75.7 Å². The van der Waals surface area contributed by atoms with E-state index in [0.717, 1.165) is 23.3 Å². The SMILES string of the molecule is CCCCOC(=O)CCN1C(=O)NC(=Cc2ccccc2)C1=O. The molecule has 122 valence electrons. The van der Waals surface area contributed by atoms with Crippen molar-refractivity contribution in [3.05, 3.63) is 41.6 Å². The van der Waals surface area contributed by atoms with Gasteiger partial charge in [0.15, 0.2) is 0 Å². The highest BCUT2D eigenvalue weighted by atomic mass is 16.5. The first-order valence-electron chi connectivity index (χ1n) is 7.67. The number of rotatable bonds is 7. The second-order valence-corrected chi connectivity index (χ2v) is 5.18. The van der Waals surface area contributed by atoms with E-state index in [4.69, 9.17) is 4.74 Å². The lowest BCUT2D eigenvalue weighted by Gasteiger charge is -2.11. The number of carbonyl (C=O) groups excluding carboxylic acids is 3. The van der Waals surface area contributed by atoms with Crippen LogP contribution in [-0.4, -0.2) is 36.0 Å². The molecule has 0 saturated carbocycles. The first kappa shape index (κ1) is 16.7. The van der Waals surface area contributed by atoms with Crippen molar-refractivity contribution in [1.82, 2.24) is 10.2 Å². The number of imide groups is 1. The molecule has 0 atom stereocenters. The van der Waals surface area contributed by atoms with Gasteiger partial charge in [-0.05, 0) is 18.1 Å². The van der Waals surface area contributed by atoms with Gasteiger partial charge in [-0.2, -0.15) is 0 Å². The lowest BCUT2D eigenvalue weighted by atomic mass is 10.2. The summed E-state index contributed by atoms with van der Waals surface area (Å²) in [6, 6.07) is 8.71. The maximum atomic E-state index is 12.2. The van der Waals surface area contributed by atoms with Gasteiger partial charge in [-0.1, -0.05) is 43.7 Å². The largest absolute Gasteiger partial charge is 0.466 e. The Morgan fingerprint density at radius 3 is 2.70 bits per heavy atom. The van der Waals surface area contributed by atoms with Crippen LogP contribution in [0.3, 0.4) is 0 Å². The second-order valence-electron chi connectivity index (χ2n) is 5.18. The number of unbranched alkanes of at least 4 members (excludes halogenated alkanes) is 1. The molecule has 0 aromatic heterocycles. The molecule has 1 aliphatic rings. The van der Waals surface area contributed by atoms with Gasteiger partial charge >= 0.3 is 12.0 Å². The third-order valence-electron chi connectivity index (χ3n) is 3.37. The molecule has 1 saturated heterocycles. The molecule has 0 aliphatic carbocycles. The predicted molar refractivity (Wildman–Crippen MR) is 85.1 cm³/mol. The number of urea groups is 1. The molecule has 1 heterocycles. The molecule has 0 spiro atoms. The Hall–Kier alpha value is -2.63. The molecule has 0 unspecified atom stereocenters. The highest BCUT2D eigenvalue weighted by molar-refractivity contribution is 6.14. The van der Waals surface area contributed by atoms with Gasteiger partial charge in [0.1, 0.15) is 5.70 Å². The summed E-state index contributed by atoms with van der Waals surface area (Å²) >= 11 is 0. The molecule has 1 aromatic rings. The molecule has 3 amide bonds. The van der Waals surface area contributed by atoms with Gasteiger partial charge in [-0.25, -0.2) is 4.79 Å². The quantitative estimate of drug-likeness (QED) is 0.362. The Labute approximate surface area is 135 Å². The third-order valence-corrected chi connectivity index (χ3v) is 3.37. The lowest BCUT2D eigenvalue weighted by Crippen LogP contribution is -2.33. The number of ether oxygens (including phenoxy) is 1. The van der Waals surface area contributed by atoms with E-state index in [1.54, 1.807) is 6.08 Å². The van der Waals surface area contributed by atoms with Gasteiger partial charge in [-0.3, -0.25) is 14.5 Å². The van der Waals surface area contributed by atoms with Crippen LogP contribution in [0.5, 0.6) is 0 Å². The number of esters is 1. The van der Waals surface area contributed by atoms with Crippen LogP contribution in [0.2, 0.25) is 0 Å². The van der Waals surface area contributed by atoms with Crippen LogP contribution >= 0.6 is 0 Å². The summed E-state index contributed by atoms with van der Waals surface area (Å²) in [6.45, 7) is 2.39. The summed E-state index contributed by atoms with van der Waals surface area (Å²) in [6.07, 6.45) is 3.36. The van der Waals surface area contributed by atoms with Crippen molar-refractivity contribution in [3.8, 4) is 0 Å². The molecule has 23 heavy (non-hydrogen) atoms. The highest BCUT2D eigenvalue weighted by Crippen LogP contribution is 2.14. The van der Waals surface area contributed by atoms with Crippen molar-refractivity contribution in [2.24, 2.45) is 0 Å². The van der Waals surface area contributed by atoms with Crippen LogP contribution < -0.4 is 5.32 Å². The first-order chi connectivity index (χ1) is 11.1. The monoisotopic (exact) mass is 316 g/mol. The van der Waals surface area contributed by atoms with E-state index >= 15 is 0 Å². The van der Waals surface area contributed by atoms with Crippen LogP contribution in [0, 0.1) is 0 Å². The number of nitrogens with one attached hydrogen (secondary N) is 1. The molecule has 0 bridgehead atoms. The summed E-state index contributed by atoms with van der Waals surface area (Å²) in [5.74, 6) is -0.834. The number of carbonyl (C=O) groups is 3. The smallest absolute Gasteiger partial charge is 0.329 e. The summed E-state index contributed by atoms with van der Waals surface area (Å²) in [5.41, 5.74) is 1.03. The van der Waals surface area contributed by atoms with Gasteiger partial charge in [0.05, 0.1) is 13.0 Å². The summed E-state index contributed by atoms with van der Waals surface area (Å²) in [4.78, 5) is 36.7. The molecule has 1 fully saturated rings. The van der Waals surface area contributed by atoms with Crippen molar-refractivity contribution in [1.29, 1.82) is 0 Å². The lowest BCUT2D eigenvalue weighted by molar-refractivity contribution is -0.144. The molecule has 1 aromatic carbocycles. The van der Waals surface area contributed by atoms with E-state index < -0.39 is 17.9 Å². The Morgan fingerprint density at radius 1 is 1.26 bits per heavy atom. The number of hydrogen-bond acceptors (Lipinski definition) is 4. The van der Waals surface area contributed by atoms with Crippen LogP contribution in [-0.2, 0) is 14.3 Å². The standard InChI is InChI=1S/C17H20N2O4/c1-2-3-11-23-15(20)9-10-19-16(21)14(18-17(19)22)12-13-7-5-4-6-8-13/h4-8,12H,2-3,9-11H2,1H3,(H,18,22). The van der Waals surface area contributed by atoms with Gasteiger partial charge in [-0.15, -0.1) is 0 Å². The van der Waals surface area contributed by atoms with E-state index in [0.29, 0.717) is 6.61 Å². The molecule has 2 rings (SSSR count). The third kappa shape index (κ3) is 4.67. The Morgan fingerprint density at radius 2 is 2.00 bits per heavy atom. The predicted octanol–water partition coefficient (Wildman–Crippen LogP) is 2.31. The first-order valence-corrected chi connectivity index (χ1v) is 7.67. The number of nitrogens with zero attached hydrogens (tertiary/aromatic N) is 1. The van der Waals surface area contributed by atoms with Crippen molar-refractivity contribution >= 4 is 24.0 Å². The Bertz CT molecular complexity index is 610. The zero-order valence-corrected chi connectivity index (χ0v) is 13.1. The molecule has 0 radical (unpaired) electrons. The van der Waals surface area contributed by atoms with E-state index in [2.05, 4.69) is 5.32 Å². The van der Waals surface area contributed by atoms with Gasteiger partial charge < -0.3 is 10.1 Å². The summed E-state index contributed by atoms with van der Waals surface area (Å²) < 4.78 is 5.01. The number of hydrogen-bond donors (Lipinski definition) is 1. The Kier molecular flexibility index (Phi) is 5.91. The number of benzene rings is 1. The molecule has 6 heteroatoms. The van der Waals surface area contributed by atoms with E-state index in [9.17, 15) is 14.4 Å². The van der Waals surface area contributed by atoms with Crippen LogP contribution in [0.1, 0.15) is 31.7 Å². The fourth-order valence-corrected chi connectivity index (χ4v) is 2.10. The zero-order valence-electron chi connectivity index (χ0n) is 13.1. The summed E-state index contributed by atoms with van der Waals surface area (Å²) in [7, 11) is 0. The maximum absolute atomic E-state index is 12.2. The second kappa shape index (κ2) is 8.12. The highest BCUT2D eigenvalue weighted by Gasteiger charge is 2.33. The van der Waals surface area contributed by atoms with E-state index in [1.807, 2.05) is 37.3 Å².